The first-order chi connectivity index (χ1) is 8.26. The van der Waals surface area contributed by atoms with E-state index in [1.807, 2.05) is 0 Å². The van der Waals surface area contributed by atoms with E-state index >= 15 is 0 Å². The highest BCUT2D eigenvalue weighted by molar-refractivity contribution is 6.04. The lowest BCUT2D eigenvalue weighted by Crippen LogP contribution is -2.42. The van der Waals surface area contributed by atoms with Crippen LogP contribution in [0.2, 0.25) is 0 Å². The van der Waals surface area contributed by atoms with Crippen LogP contribution in [0.25, 0.3) is 0 Å². The number of carbonyl (C=O) groups is 3. The van der Waals surface area contributed by atoms with E-state index in [0.29, 0.717) is 13.0 Å². The second kappa shape index (κ2) is 4.15. The topological polar surface area (TPSA) is 87.7 Å². The van der Waals surface area contributed by atoms with Gasteiger partial charge in [0.15, 0.2) is 0 Å². The van der Waals surface area contributed by atoms with Crippen molar-refractivity contribution in [1.82, 2.24) is 15.5 Å². The first-order valence-electron chi connectivity index (χ1n) is 5.87. The number of hydrogen-bond acceptors (Lipinski definition) is 4. The minimum atomic E-state index is -0.563. The number of alkyl carbamates (subject to hydrolysis) is 1. The summed E-state index contributed by atoms with van der Waals surface area (Å²) in [5.74, 6) is -0.298. The molecule has 0 aliphatic carbocycles. The Morgan fingerprint density at radius 2 is 2.11 bits per heavy atom. The Hall–Kier alpha value is -1.79. The maximum absolute atomic E-state index is 11.6. The number of imide groups is 1. The molecule has 18 heavy (non-hydrogen) atoms. The Morgan fingerprint density at radius 1 is 1.44 bits per heavy atom. The van der Waals surface area contributed by atoms with Gasteiger partial charge < -0.3 is 15.0 Å². The maximum Gasteiger partial charge on any atom is 0.407 e. The Bertz CT molecular complexity index is 380. The van der Waals surface area contributed by atoms with Crippen molar-refractivity contribution in [1.29, 1.82) is 0 Å². The highest BCUT2D eigenvalue weighted by Gasteiger charge is 2.46. The average Bonchev–Trinajstić information content (AvgIpc) is 2.67. The Kier molecular flexibility index (Phi) is 2.92. The van der Waals surface area contributed by atoms with E-state index in [9.17, 15) is 14.4 Å². The van der Waals surface area contributed by atoms with Gasteiger partial charge in [-0.1, -0.05) is 0 Å². The van der Waals surface area contributed by atoms with Crippen molar-refractivity contribution in [3.05, 3.63) is 0 Å². The number of ether oxygens (including phenoxy) is 1. The fourth-order valence-corrected chi connectivity index (χ4v) is 2.15. The molecule has 0 bridgehead atoms. The summed E-state index contributed by atoms with van der Waals surface area (Å²) in [4.78, 5) is 35.8. The summed E-state index contributed by atoms with van der Waals surface area (Å²) in [5, 5.41) is 4.91. The molecule has 0 spiro atoms. The number of urea groups is 1. The molecule has 2 rings (SSSR count). The molecule has 0 radical (unpaired) electrons. The third-order valence-electron chi connectivity index (χ3n) is 2.82. The zero-order valence-corrected chi connectivity index (χ0v) is 10.6. The van der Waals surface area contributed by atoms with E-state index < -0.39 is 23.8 Å². The zero-order chi connectivity index (χ0) is 13.5. The van der Waals surface area contributed by atoms with Crippen molar-refractivity contribution in [2.75, 3.05) is 6.54 Å². The van der Waals surface area contributed by atoms with Gasteiger partial charge in [0.25, 0.3) is 5.91 Å². The molecule has 2 aliphatic heterocycles. The monoisotopic (exact) mass is 255 g/mol. The van der Waals surface area contributed by atoms with Crippen LogP contribution in [-0.4, -0.2) is 47.2 Å². The molecule has 0 aromatic rings. The van der Waals surface area contributed by atoms with Crippen LogP contribution in [0.4, 0.5) is 9.59 Å². The van der Waals surface area contributed by atoms with E-state index in [2.05, 4.69) is 10.6 Å². The number of rotatable bonds is 1. The van der Waals surface area contributed by atoms with Crippen LogP contribution in [0.1, 0.15) is 27.2 Å². The van der Waals surface area contributed by atoms with E-state index in [4.69, 9.17) is 4.74 Å². The van der Waals surface area contributed by atoms with Crippen molar-refractivity contribution >= 4 is 18.0 Å². The first kappa shape index (κ1) is 12.7. The van der Waals surface area contributed by atoms with Gasteiger partial charge in [-0.3, -0.25) is 10.1 Å². The van der Waals surface area contributed by atoms with Gasteiger partial charge in [0.2, 0.25) is 0 Å². The third-order valence-corrected chi connectivity index (χ3v) is 2.82. The van der Waals surface area contributed by atoms with Crippen LogP contribution >= 0.6 is 0 Å². The van der Waals surface area contributed by atoms with Gasteiger partial charge >= 0.3 is 12.1 Å². The van der Waals surface area contributed by atoms with Gasteiger partial charge in [0.05, 0.1) is 6.04 Å². The molecule has 4 amide bonds. The van der Waals surface area contributed by atoms with Crippen molar-refractivity contribution in [3.63, 3.8) is 0 Å². The fourth-order valence-electron chi connectivity index (χ4n) is 2.15. The normalized spacial score (nSPS) is 26.9. The van der Waals surface area contributed by atoms with Crippen LogP contribution in [0, 0.1) is 0 Å². The van der Waals surface area contributed by atoms with E-state index in [1.54, 1.807) is 20.8 Å². The molecule has 7 nitrogen and oxygen atoms in total. The van der Waals surface area contributed by atoms with Crippen LogP contribution in [-0.2, 0) is 9.53 Å². The molecule has 2 fully saturated rings. The standard InChI is InChI=1S/C11H17N3O4/c1-11(2,3)18-10(17)12-6-4-7-8(15)13-9(16)14(7)5-6/h6-7H,4-5H2,1-3H3,(H,12,17)(H,13,15,16)/t6-,7-/m0/s1. The molecule has 100 valence electrons. The molecular formula is C11H17N3O4. The lowest BCUT2D eigenvalue weighted by molar-refractivity contribution is -0.121. The summed E-state index contributed by atoms with van der Waals surface area (Å²) in [5.41, 5.74) is -0.563. The molecule has 7 heteroatoms. The zero-order valence-electron chi connectivity index (χ0n) is 10.6. The summed E-state index contributed by atoms with van der Waals surface area (Å²) < 4.78 is 5.12. The minimum absolute atomic E-state index is 0.236. The second-order valence-electron chi connectivity index (χ2n) is 5.54. The lowest BCUT2D eigenvalue weighted by atomic mass is 10.1. The molecule has 2 N–H and O–H groups in total. The van der Waals surface area contributed by atoms with Crippen molar-refractivity contribution in [2.45, 2.75) is 44.9 Å². The van der Waals surface area contributed by atoms with Crippen LogP contribution in [0.5, 0.6) is 0 Å². The predicted molar refractivity (Wildman–Crippen MR) is 61.8 cm³/mol. The molecular weight excluding hydrogens is 238 g/mol. The van der Waals surface area contributed by atoms with Gasteiger partial charge in [-0.25, -0.2) is 9.59 Å². The minimum Gasteiger partial charge on any atom is -0.444 e. The second-order valence-corrected chi connectivity index (χ2v) is 5.54. The summed E-state index contributed by atoms with van der Waals surface area (Å²) in [6, 6.07) is -1.09. The highest BCUT2D eigenvalue weighted by Crippen LogP contribution is 2.22. The quantitative estimate of drug-likeness (QED) is 0.655. The number of nitrogens with zero attached hydrogens (tertiary/aromatic N) is 1. The molecule has 2 saturated heterocycles. The number of amides is 4. The largest absolute Gasteiger partial charge is 0.444 e. The SMILES string of the molecule is CC(C)(C)OC(=O)N[C@H]1C[C@H]2C(=O)NC(=O)N2C1. The van der Waals surface area contributed by atoms with Crippen LogP contribution in [0.3, 0.4) is 0 Å². The number of carbonyl (C=O) groups excluding carboxylic acids is 3. The number of hydrogen-bond donors (Lipinski definition) is 2. The molecule has 0 saturated carbocycles. The molecule has 0 aromatic heterocycles. The summed E-state index contributed by atoms with van der Waals surface area (Å²) in [6.07, 6.45) is -0.0990. The Morgan fingerprint density at radius 3 is 2.67 bits per heavy atom. The van der Waals surface area contributed by atoms with Crippen LogP contribution < -0.4 is 10.6 Å². The van der Waals surface area contributed by atoms with E-state index in [0.717, 1.165) is 0 Å². The van der Waals surface area contributed by atoms with Gasteiger partial charge in [0, 0.05) is 6.54 Å². The van der Waals surface area contributed by atoms with Crippen molar-refractivity contribution < 1.29 is 19.1 Å². The van der Waals surface area contributed by atoms with E-state index in [-0.39, 0.29) is 11.9 Å². The molecule has 2 atom stereocenters. The Balaban J connectivity index is 1.89. The molecule has 0 aromatic carbocycles. The highest BCUT2D eigenvalue weighted by atomic mass is 16.6. The summed E-state index contributed by atoms with van der Waals surface area (Å²) in [7, 11) is 0. The van der Waals surface area contributed by atoms with Crippen molar-refractivity contribution in [3.8, 4) is 0 Å². The van der Waals surface area contributed by atoms with Gasteiger partial charge in [-0.2, -0.15) is 0 Å². The smallest absolute Gasteiger partial charge is 0.407 e. The van der Waals surface area contributed by atoms with Gasteiger partial charge in [0.1, 0.15) is 11.6 Å². The van der Waals surface area contributed by atoms with Gasteiger partial charge in [-0.05, 0) is 27.2 Å². The Labute approximate surface area is 105 Å². The number of fused-ring (bicyclic) bond motifs is 1. The summed E-state index contributed by atoms with van der Waals surface area (Å²) in [6.45, 7) is 5.66. The van der Waals surface area contributed by atoms with Gasteiger partial charge in [-0.15, -0.1) is 0 Å². The first-order valence-corrected chi connectivity index (χ1v) is 5.87. The molecule has 2 aliphatic rings. The predicted octanol–water partition coefficient (Wildman–Crippen LogP) is 0.204. The average molecular weight is 255 g/mol. The fraction of sp³-hybridized carbons (Fsp3) is 0.727. The third kappa shape index (κ3) is 2.55. The molecule has 2 heterocycles. The summed E-state index contributed by atoms with van der Waals surface area (Å²) >= 11 is 0. The number of nitrogens with one attached hydrogen (secondary N) is 2. The maximum atomic E-state index is 11.6. The van der Waals surface area contributed by atoms with Crippen LogP contribution in [0.15, 0.2) is 0 Å². The van der Waals surface area contributed by atoms with E-state index in [1.165, 1.54) is 4.90 Å². The van der Waals surface area contributed by atoms with Crippen molar-refractivity contribution in [2.24, 2.45) is 0 Å². The lowest BCUT2D eigenvalue weighted by Gasteiger charge is -2.21. The molecule has 0 unspecified atom stereocenters.